The summed E-state index contributed by atoms with van der Waals surface area (Å²) in [6, 6.07) is 5.62. The lowest BCUT2D eigenvalue weighted by atomic mass is 10.0. The van der Waals surface area contributed by atoms with Crippen LogP contribution in [0, 0.1) is 5.82 Å². The highest BCUT2D eigenvalue weighted by atomic mass is 35.5. The highest BCUT2D eigenvalue weighted by molar-refractivity contribution is 6.31. The zero-order chi connectivity index (χ0) is 16.4. The largest absolute Gasteiger partial charge is 0.321 e. The Bertz CT molecular complexity index is 709. The predicted molar refractivity (Wildman–Crippen MR) is 89.8 cm³/mol. The van der Waals surface area contributed by atoms with Gasteiger partial charge in [0.05, 0.1) is 5.70 Å². The molecule has 0 spiro atoms. The molecule has 0 bridgehead atoms. The van der Waals surface area contributed by atoms with Crippen LogP contribution in [0.5, 0.6) is 0 Å². The summed E-state index contributed by atoms with van der Waals surface area (Å²) in [6.07, 6.45) is 5.92. The van der Waals surface area contributed by atoms with Gasteiger partial charge in [0, 0.05) is 5.69 Å². The number of hydrogen-bond acceptors (Lipinski definition) is 3. The summed E-state index contributed by atoms with van der Waals surface area (Å²) in [6.45, 7) is 1.93. The molecule has 0 radical (unpaired) electrons. The van der Waals surface area contributed by atoms with E-state index in [0.29, 0.717) is 28.8 Å². The van der Waals surface area contributed by atoms with Gasteiger partial charge in [-0.25, -0.2) is 9.38 Å². The number of aliphatic imine (C=N–C) groups is 1. The van der Waals surface area contributed by atoms with Crippen LogP contribution in [0.4, 0.5) is 10.1 Å². The maximum Gasteiger partial charge on any atom is 0.247 e. The number of hydrogen-bond donors (Lipinski definition) is 1. The number of amides is 1. The molecule has 4 nitrogen and oxygen atoms in total. The van der Waals surface area contributed by atoms with E-state index in [0.717, 1.165) is 12.8 Å². The average Bonchev–Trinajstić information content (AvgIpc) is 2.52. The second kappa shape index (κ2) is 6.54. The number of carbonyl (C=O) groups excluding carboxylic acids is 1. The predicted octanol–water partition coefficient (Wildman–Crippen LogP) is 3.70. The van der Waals surface area contributed by atoms with E-state index in [4.69, 9.17) is 11.6 Å². The number of nitrogens with one attached hydrogen (secondary N) is 1. The Labute approximate surface area is 139 Å². The topological polar surface area (TPSA) is 44.7 Å². The molecule has 1 aromatic rings. The molecule has 1 unspecified atom stereocenters. The Morgan fingerprint density at radius 1 is 1.30 bits per heavy atom. The third-order valence-electron chi connectivity index (χ3n) is 3.87. The molecule has 120 valence electrons. The quantitative estimate of drug-likeness (QED) is 0.839. The van der Waals surface area contributed by atoms with Crippen LogP contribution in [0.2, 0.25) is 0 Å². The molecule has 0 aliphatic carbocycles. The smallest absolute Gasteiger partial charge is 0.247 e. The van der Waals surface area contributed by atoms with E-state index >= 15 is 0 Å². The van der Waals surface area contributed by atoms with Crippen LogP contribution in [0.3, 0.4) is 0 Å². The lowest BCUT2D eigenvalue weighted by molar-refractivity contribution is -0.121. The summed E-state index contributed by atoms with van der Waals surface area (Å²) in [5.74, 6) is 0.170. The molecule has 1 amide bonds. The molecule has 23 heavy (non-hydrogen) atoms. The van der Waals surface area contributed by atoms with Crippen molar-refractivity contribution in [1.29, 1.82) is 0 Å². The molecule has 0 saturated carbocycles. The van der Waals surface area contributed by atoms with Crippen LogP contribution < -0.4 is 10.2 Å². The number of benzene rings is 1. The highest BCUT2D eigenvalue weighted by Gasteiger charge is 2.36. The first-order chi connectivity index (χ1) is 11.1. The second-order valence-corrected chi connectivity index (χ2v) is 5.80. The van der Waals surface area contributed by atoms with E-state index in [2.05, 4.69) is 10.3 Å². The fourth-order valence-electron chi connectivity index (χ4n) is 2.77. The molecule has 1 saturated heterocycles. The number of amidine groups is 1. The van der Waals surface area contributed by atoms with Crippen LogP contribution in [-0.4, -0.2) is 17.8 Å². The molecule has 2 aliphatic rings. The molecule has 2 aliphatic heterocycles. The van der Waals surface area contributed by atoms with Crippen molar-refractivity contribution in [1.82, 2.24) is 5.32 Å². The first kappa shape index (κ1) is 15.7. The van der Waals surface area contributed by atoms with Crippen molar-refractivity contribution in [2.75, 3.05) is 4.90 Å². The van der Waals surface area contributed by atoms with Gasteiger partial charge in [0.15, 0.2) is 5.84 Å². The Hall–Kier alpha value is -2.14. The Morgan fingerprint density at radius 3 is 2.70 bits per heavy atom. The average molecular weight is 334 g/mol. The van der Waals surface area contributed by atoms with Gasteiger partial charge in [0.1, 0.15) is 17.0 Å². The summed E-state index contributed by atoms with van der Waals surface area (Å²) in [7, 11) is 0. The van der Waals surface area contributed by atoms with Crippen molar-refractivity contribution < 1.29 is 9.18 Å². The van der Waals surface area contributed by atoms with E-state index < -0.39 is 6.04 Å². The maximum absolute atomic E-state index is 13.3. The van der Waals surface area contributed by atoms with Gasteiger partial charge >= 0.3 is 0 Å². The van der Waals surface area contributed by atoms with Gasteiger partial charge in [0.25, 0.3) is 0 Å². The molecule has 6 heteroatoms. The maximum atomic E-state index is 13.3. The van der Waals surface area contributed by atoms with Crippen molar-refractivity contribution in [3.05, 3.63) is 53.1 Å². The van der Waals surface area contributed by atoms with Crippen molar-refractivity contribution >= 4 is 29.0 Å². The Balaban J connectivity index is 2.14. The molecule has 1 N–H and O–H groups in total. The summed E-state index contributed by atoms with van der Waals surface area (Å²) in [4.78, 5) is 18.7. The van der Waals surface area contributed by atoms with Crippen molar-refractivity contribution in [2.45, 2.75) is 32.2 Å². The minimum atomic E-state index is -0.416. The van der Waals surface area contributed by atoms with Crippen LogP contribution >= 0.6 is 11.6 Å². The number of halogens is 2. The summed E-state index contributed by atoms with van der Waals surface area (Å²) < 4.78 is 13.3. The molecule has 0 aromatic heterocycles. The van der Waals surface area contributed by atoms with Gasteiger partial charge in [-0.3, -0.25) is 4.79 Å². The fraction of sp³-hybridized carbons (Fsp3) is 0.294. The van der Waals surface area contributed by atoms with Crippen molar-refractivity contribution in [2.24, 2.45) is 4.99 Å². The third kappa shape index (κ3) is 3.15. The molecule has 2 heterocycles. The van der Waals surface area contributed by atoms with Crippen LogP contribution in [0.15, 0.2) is 52.3 Å². The van der Waals surface area contributed by atoms with E-state index in [1.54, 1.807) is 12.1 Å². The van der Waals surface area contributed by atoms with Crippen LogP contribution in [-0.2, 0) is 4.79 Å². The van der Waals surface area contributed by atoms with Crippen molar-refractivity contribution in [3.63, 3.8) is 0 Å². The first-order valence-corrected chi connectivity index (χ1v) is 7.98. The van der Waals surface area contributed by atoms with Gasteiger partial charge in [-0.05, 0) is 49.6 Å². The molecule has 3 rings (SSSR count). The number of nitrogens with zero attached hydrogens (tertiary/aromatic N) is 2. The Morgan fingerprint density at radius 2 is 2.00 bits per heavy atom. The lowest BCUT2D eigenvalue weighted by Crippen LogP contribution is -2.57. The minimum Gasteiger partial charge on any atom is -0.321 e. The molecular formula is C17H17ClFN3O. The summed E-state index contributed by atoms with van der Waals surface area (Å²) in [5.41, 5.74) is 1.36. The van der Waals surface area contributed by atoms with Crippen molar-refractivity contribution in [3.8, 4) is 0 Å². The number of rotatable bonds is 2. The number of carbonyl (C=O) groups is 1. The molecular weight excluding hydrogens is 317 g/mol. The standard InChI is InChI=1S/C17H17ClFN3O/c1-2-14-17(23)20-13-5-3-4-6-15(18)21-16(13)22(14)12-9-7-11(19)8-10-12/h5-10,14H,2-4H2,1H3,(H,20,23). The molecule has 1 aromatic carbocycles. The zero-order valence-electron chi connectivity index (χ0n) is 12.7. The van der Waals surface area contributed by atoms with Crippen LogP contribution in [0.1, 0.15) is 26.2 Å². The van der Waals surface area contributed by atoms with Gasteiger partial charge in [-0.2, -0.15) is 0 Å². The minimum absolute atomic E-state index is 0.0947. The van der Waals surface area contributed by atoms with E-state index in [1.165, 1.54) is 12.1 Å². The third-order valence-corrected chi connectivity index (χ3v) is 4.11. The number of piperazine rings is 1. The fourth-order valence-corrected chi connectivity index (χ4v) is 2.96. The SMILES string of the molecule is CCC1C(=O)NC2=CCCC=C(Cl)N=C2N1c1ccc(F)cc1. The van der Waals surface area contributed by atoms with E-state index in [-0.39, 0.29) is 11.7 Å². The number of allylic oxidation sites excluding steroid dienone is 2. The summed E-state index contributed by atoms with van der Waals surface area (Å²) >= 11 is 6.17. The highest BCUT2D eigenvalue weighted by Crippen LogP contribution is 2.27. The first-order valence-electron chi connectivity index (χ1n) is 7.60. The lowest BCUT2D eigenvalue weighted by Gasteiger charge is -2.38. The van der Waals surface area contributed by atoms with Gasteiger partial charge in [-0.1, -0.05) is 24.6 Å². The van der Waals surface area contributed by atoms with Crippen LogP contribution in [0.25, 0.3) is 0 Å². The summed E-state index contributed by atoms with van der Waals surface area (Å²) in [5, 5.41) is 3.30. The van der Waals surface area contributed by atoms with Gasteiger partial charge in [-0.15, -0.1) is 0 Å². The molecule has 1 fully saturated rings. The van der Waals surface area contributed by atoms with E-state index in [9.17, 15) is 9.18 Å². The normalized spacial score (nSPS) is 21.3. The zero-order valence-corrected chi connectivity index (χ0v) is 13.5. The number of anilines is 1. The monoisotopic (exact) mass is 333 g/mol. The second-order valence-electron chi connectivity index (χ2n) is 5.42. The Kier molecular flexibility index (Phi) is 4.48. The number of fused-ring (bicyclic) bond motifs is 1. The molecule has 1 atom stereocenters. The van der Waals surface area contributed by atoms with Gasteiger partial charge in [0.2, 0.25) is 5.91 Å². The van der Waals surface area contributed by atoms with E-state index in [1.807, 2.05) is 24.0 Å². The van der Waals surface area contributed by atoms with Gasteiger partial charge < -0.3 is 10.2 Å².